The summed E-state index contributed by atoms with van der Waals surface area (Å²) >= 11 is 0. The number of aromatic amines is 1. The molecule has 3 aromatic rings. The number of sulfone groups is 1. The molecule has 0 saturated carbocycles. The second-order valence-electron chi connectivity index (χ2n) is 7.39. The average Bonchev–Trinajstić information content (AvgIpc) is 2.64. The van der Waals surface area contributed by atoms with Gasteiger partial charge in [-0.1, -0.05) is 56.3 Å². The van der Waals surface area contributed by atoms with Crippen molar-refractivity contribution in [2.24, 2.45) is 0 Å². The van der Waals surface area contributed by atoms with Gasteiger partial charge in [-0.2, -0.15) is 0 Å². The van der Waals surface area contributed by atoms with Gasteiger partial charge in [-0.05, 0) is 23.3 Å². The van der Waals surface area contributed by atoms with Crippen molar-refractivity contribution in [3.63, 3.8) is 0 Å². The Hall–Kier alpha value is -2.93. The Kier molecular flexibility index (Phi) is 5.38. The lowest BCUT2D eigenvalue weighted by molar-refractivity contribution is 0.548. The first-order valence-corrected chi connectivity index (χ1v) is 10.5. The number of aromatic nitrogens is 2. The molecule has 0 spiro atoms. The zero-order chi connectivity index (χ0) is 20.4. The van der Waals surface area contributed by atoms with Crippen LogP contribution in [-0.4, -0.2) is 23.7 Å². The summed E-state index contributed by atoms with van der Waals surface area (Å²) in [5.41, 5.74) is 0.287. The average molecular weight is 398 g/mol. The molecule has 0 bridgehead atoms. The van der Waals surface area contributed by atoms with E-state index in [0.717, 1.165) is 11.1 Å². The molecular weight excluding hydrogens is 376 g/mol. The molecule has 28 heavy (non-hydrogen) atoms. The molecule has 0 aliphatic heterocycles. The van der Waals surface area contributed by atoms with Gasteiger partial charge in [-0.25, -0.2) is 13.2 Å². The molecule has 0 radical (unpaired) electrons. The summed E-state index contributed by atoms with van der Waals surface area (Å²) in [6, 6.07) is 17.2. The highest BCUT2D eigenvalue weighted by atomic mass is 32.2. The van der Waals surface area contributed by atoms with Crippen LogP contribution < -0.4 is 11.2 Å². The number of hydrogen-bond acceptors (Lipinski definition) is 4. The largest absolute Gasteiger partial charge is 0.328 e. The van der Waals surface area contributed by atoms with Crippen molar-refractivity contribution in [2.75, 3.05) is 5.75 Å². The van der Waals surface area contributed by atoms with Crippen LogP contribution in [0.1, 0.15) is 25.0 Å². The summed E-state index contributed by atoms with van der Waals surface area (Å²) in [5.74, 6) is -0.0112. The van der Waals surface area contributed by atoms with E-state index >= 15 is 0 Å². The molecule has 2 aromatic carbocycles. The van der Waals surface area contributed by atoms with Gasteiger partial charge in [-0.3, -0.25) is 14.3 Å². The minimum Gasteiger partial charge on any atom is -0.296 e. The third-order valence-electron chi connectivity index (χ3n) is 4.64. The Morgan fingerprint density at radius 3 is 2.18 bits per heavy atom. The second-order valence-corrected chi connectivity index (χ2v) is 9.38. The quantitative estimate of drug-likeness (QED) is 0.690. The monoisotopic (exact) mass is 398 g/mol. The Morgan fingerprint density at radius 1 is 0.929 bits per heavy atom. The summed E-state index contributed by atoms with van der Waals surface area (Å²) < 4.78 is 26.9. The van der Waals surface area contributed by atoms with Crippen molar-refractivity contribution in [3.8, 4) is 0 Å². The molecule has 3 rings (SSSR count). The molecule has 0 amide bonds. The van der Waals surface area contributed by atoms with Crippen LogP contribution in [0.25, 0.3) is 0 Å². The van der Waals surface area contributed by atoms with Crippen molar-refractivity contribution in [1.29, 1.82) is 0 Å². The fourth-order valence-corrected chi connectivity index (χ4v) is 4.95. The van der Waals surface area contributed by atoms with E-state index in [1.807, 2.05) is 38.1 Å². The van der Waals surface area contributed by atoms with Crippen LogP contribution >= 0.6 is 0 Å². The molecule has 7 heteroatoms. The molecule has 1 N–H and O–H groups in total. The maximum atomic E-state index is 12.7. The third kappa shape index (κ3) is 4.48. The van der Waals surface area contributed by atoms with Crippen molar-refractivity contribution < 1.29 is 8.42 Å². The van der Waals surface area contributed by atoms with E-state index in [9.17, 15) is 18.0 Å². The highest BCUT2D eigenvalue weighted by Gasteiger charge is 2.29. The first-order chi connectivity index (χ1) is 13.2. The maximum absolute atomic E-state index is 12.7. The number of hydrogen-bond donors (Lipinski definition) is 1. The Labute approximate surface area is 163 Å². The van der Waals surface area contributed by atoms with E-state index in [0.29, 0.717) is 11.4 Å². The molecule has 1 heterocycles. The second kappa shape index (κ2) is 7.59. The summed E-state index contributed by atoms with van der Waals surface area (Å²) in [7, 11) is -3.41. The highest BCUT2D eigenvalue weighted by Crippen LogP contribution is 2.28. The molecule has 0 unspecified atom stereocenters. The Morgan fingerprint density at radius 2 is 1.57 bits per heavy atom. The van der Waals surface area contributed by atoms with Crippen LogP contribution in [0.3, 0.4) is 0 Å². The molecule has 0 fully saturated rings. The SMILES string of the molecule is CC(C)(CS(=O)(=O)c1ccccc1)c1ccc(Cn2ccc(=O)[nH]c2=O)cc1. The summed E-state index contributed by atoms with van der Waals surface area (Å²) in [5, 5.41) is 0. The smallest absolute Gasteiger partial charge is 0.296 e. The van der Waals surface area contributed by atoms with Gasteiger partial charge < -0.3 is 0 Å². The number of nitrogens with one attached hydrogen (secondary N) is 1. The molecule has 0 atom stereocenters. The van der Waals surface area contributed by atoms with Crippen molar-refractivity contribution in [1.82, 2.24) is 9.55 Å². The molecule has 0 aliphatic carbocycles. The van der Waals surface area contributed by atoms with E-state index in [4.69, 9.17) is 0 Å². The first-order valence-electron chi connectivity index (χ1n) is 8.84. The van der Waals surface area contributed by atoms with Gasteiger partial charge in [0.1, 0.15) is 0 Å². The van der Waals surface area contributed by atoms with Crippen LogP contribution in [0.5, 0.6) is 0 Å². The van der Waals surface area contributed by atoms with Crippen LogP contribution in [0.4, 0.5) is 0 Å². The predicted molar refractivity (Wildman–Crippen MR) is 108 cm³/mol. The Balaban J connectivity index is 1.80. The molecule has 6 nitrogen and oxygen atoms in total. The number of rotatable bonds is 6. The van der Waals surface area contributed by atoms with Gasteiger partial charge in [0.05, 0.1) is 17.2 Å². The van der Waals surface area contributed by atoms with Crippen LogP contribution in [0.2, 0.25) is 0 Å². The van der Waals surface area contributed by atoms with E-state index in [1.165, 1.54) is 16.8 Å². The lowest BCUT2D eigenvalue weighted by atomic mass is 9.86. The Bertz CT molecular complexity index is 1180. The van der Waals surface area contributed by atoms with Crippen molar-refractivity contribution in [3.05, 3.63) is 98.8 Å². The fraction of sp³-hybridized carbons (Fsp3) is 0.238. The van der Waals surface area contributed by atoms with E-state index < -0.39 is 26.5 Å². The number of benzene rings is 2. The minimum absolute atomic E-state index is 0.0112. The first kappa shape index (κ1) is 19.8. The van der Waals surface area contributed by atoms with Crippen LogP contribution in [-0.2, 0) is 21.8 Å². The van der Waals surface area contributed by atoms with Gasteiger partial charge in [0.15, 0.2) is 9.84 Å². The zero-order valence-electron chi connectivity index (χ0n) is 15.8. The fourth-order valence-electron chi connectivity index (χ4n) is 3.10. The standard InChI is InChI=1S/C21H22N2O4S/c1-21(2,15-28(26,27)18-6-4-3-5-7-18)17-10-8-16(9-11-17)14-23-13-12-19(24)22-20(23)25/h3-13H,14-15H2,1-2H3,(H,22,24,25). The number of H-pyrrole nitrogens is 1. The topological polar surface area (TPSA) is 89.0 Å². The van der Waals surface area contributed by atoms with E-state index in [2.05, 4.69) is 4.98 Å². The molecule has 1 aromatic heterocycles. The van der Waals surface area contributed by atoms with Gasteiger partial charge in [0.2, 0.25) is 0 Å². The minimum atomic E-state index is -3.41. The van der Waals surface area contributed by atoms with Crippen LogP contribution in [0.15, 0.2) is 81.3 Å². The van der Waals surface area contributed by atoms with Gasteiger partial charge >= 0.3 is 5.69 Å². The molecular formula is C21H22N2O4S. The normalized spacial score (nSPS) is 12.1. The third-order valence-corrected chi connectivity index (χ3v) is 6.73. The highest BCUT2D eigenvalue weighted by molar-refractivity contribution is 7.91. The molecule has 146 valence electrons. The van der Waals surface area contributed by atoms with Crippen molar-refractivity contribution in [2.45, 2.75) is 30.7 Å². The number of nitrogens with zero attached hydrogens (tertiary/aromatic N) is 1. The molecule has 0 aliphatic rings. The summed E-state index contributed by atoms with van der Waals surface area (Å²) in [6.45, 7) is 4.11. The molecule has 0 saturated heterocycles. The van der Waals surface area contributed by atoms with E-state index in [-0.39, 0.29) is 5.75 Å². The predicted octanol–water partition coefficient (Wildman–Crippen LogP) is 2.34. The van der Waals surface area contributed by atoms with Crippen molar-refractivity contribution >= 4 is 9.84 Å². The van der Waals surface area contributed by atoms with Gasteiger partial charge in [-0.15, -0.1) is 0 Å². The maximum Gasteiger partial charge on any atom is 0.328 e. The zero-order valence-corrected chi connectivity index (χ0v) is 16.6. The van der Waals surface area contributed by atoms with Gasteiger partial charge in [0, 0.05) is 17.7 Å². The van der Waals surface area contributed by atoms with E-state index in [1.54, 1.807) is 30.3 Å². The lowest BCUT2D eigenvalue weighted by Gasteiger charge is -2.25. The summed E-state index contributed by atoms with van der Waals surface area (Å²) in [6.07, 6.45) is 1.45. The van der Waals surface area contributed by atoms with Gasteiger partial charge in [0.25, 0.3) is 5.56 Å². The lowest BCUT2D eigenvalue weighted by Crippen LogP contribution is -2.29. The summed E-state index contributed by atoms with van der Waals surface area (Å²) in [4.78, 5) is 25.5. The van der Waals surface area contributed by atoms with Crippen LogP contribution in [0, 0.1) is 0 Å².